The Morgan fingerprint density at radius 1 is 1.06 bits per heavy atom. The predicted molar refractivity (Wildman–Crippen MR) is 120 cm³/mol. The summed E-state index contributed by atoms with van der Waals surface area (Å²) in [6, 6.07) is 13.4. The highest BCUT2D eigenvalue weighted by Crippen LogP contribution is 2.31. The molecule has 9 heteroatoms. The Labute approximate surface area is 187 Å². The van der Waals surface area contributed by atoms with Crippen molar-refractivity contribution in [2.45, 2.75) is 37.0 Å². The number of carbonyl (C=O) groups excluding carboxylic acids is 2. The van der Waals surface area contributed by atoms with Gasteiger partial charge in [-0.25, -0.2) is 8.42 Å². The molecule has 2 aromatic carbocycles. The summed E-state index contributed by atoms with van der Waals surface area (Å²) in [6.45, 7) is 0.856. The molecule has 2 aliphatic heterocycles. The van der Waals surface area contributed by atoms with Gasteiger partial charge in [-0.1, -0.05) is 6.07 Å². The number of hydrogen-bond acceptors (Lipinski definition) is 5. The third-order valence-electron chi connectivity index (χ3n) is 5.76. The fourth-order valence-electron chi connectivity index (χ4n) is 4.15. The van der Waals surface area contributed by atoms with Crippen LogP contribution in [-0.4, -0.2) is 44.2 Å². The van der Waals surface area contributed by atoms with Crippen molar-refractivity contribution in [3.05, 3.63) is 53.6 Å². The van der Waals surface area contributed by atoms with Crippen molar-refractivity contribution in [3.8, 4) is 6.07 Å². The van der Waals surface area contributed by atoms with Crippen molar-refractivity contribution in [1.29, 1.82) is 5.26 Å². The molecular weight excluding hydrogens is 428 g/mol. The third kappa shape index (κ3) is 4.52. The van der Waals surface area contributed by atoms with Gasteiger partial charge in [-0.2, -0.15) is 9.57 Å². The summed E-state index contributed by atoms with van der Waals surface area (Å²) in [5, 5.41) is 11.7. The highest BCUT2D eigenvalue weighted by molar-refractivity contribution is 7.89. The Balaban J connectivity index is 1.58. The van der Waals surface area contributed by atoms with Crippen LogP contribution in [0.2, 0.25) is 0 Å². The van der Waals surface area contributed by atoms with E-state index in [0.29, 0.717) is 42.9 Å². The van der Waals surface area contributed by atoms with E-state index in [-0.39, 0.29) is 23.8 Å². The molecule has 0 unspecified atom stereocenters. The molecule has 8 nitrogen and oxygen atoms in total. The van der Waals surface area contributed by atoms with E-state index in [4.69, 9.17) is 5.26 Å². The van der Waals surface area contributed by atoms with E-state index in [9.17, 15) is 18.0 Å². The second-order valence-electron chi connectivity index (χ2n) is 7.98. The fraction of sp³-hybridized carbons (Fsp3) is 0.348. The van der Waals surface area contributed by atoms with Crippen LogP contribution in [0.4, 0.5) is 11.4 Å². The quantitative estimate of drug-likeness (QED) is 0.750. The zero-order chi connectivity index (χ0) is 22.7. The monoisotopic (exact) mass is 452 g/mol. The maximum Gasteiger partial charge on any atom is 0.244 e. The summed E-state index contributed by atoms with van der Waals surface area (Å²) < 4.78 is 27.4. The zero-order valence-electron chi connectivity index (χ0n) is 17.6. The van der Waals surface area contributed by atoms with Crippen LogP contribution in [0.25, 0.3) is 0 Å². The number of fused-ring (bicyclic) bond motifs is 1. The third-order valence-corrected chi connectivity index (χ3v) is 7.65. The molecule has 0 atom stereocenters. The summed E-state index contributed by atoms with van der Waals surface area (Å²) in [4.78, 5) is 27.0. The van der Waals surface area contributed by atoms with Crippen molar-refractivity contribution in [2.75, 3.05) is 29.9 Å². The van der Waals surface area contributed by atoms with E-state index in [1.165, 1.54) is 15.3 Å². The van der Waals surface area contributed by atoms with Crippen molar-refractivity contribution >= 4 is 33.2 Å². The standard InChI is InChI=1S/C23H24N4O4S/c24-15-17-5-3-7-19(13-17)25-22(28)16-27-21-10-9-20(14-18(21)6-4-8-23(27)29)32(30,31)26-11-1-2-12-26/h3,5,7,9-10,13-14H,1-2,4,6,8,11-12,16H2,(H,25,28). The van der Waals surface area contributed by atoms with E-state index in [0.717, 1.165) is 18.4 Å². The predicted octanol–water partition coefficient (Wildman–Crippen LogP) is 2.65. The minimum Gasteiger partial charge on any atom is -0.324 e. The molecule has 0 saturated carbocycles. The maximum atomic E-state index is 12.9. The lowest BCUT2D eigenvalue weighted by molar-refractivity contribution is -0.121. The topological polar surface area (TPSA) is 111 Å². The maximum absolute atomic E-state index is 12.9. The summed E-state index contributed by atoms with van der Waals surface area (Å²) in [5.41, 5.74) is 2.21. The Bertz CT molecular complexity index is 1200. The largest absolute Gasteiger partial charge is 0.324 e. The van der Waals surface area contributed by atoms with Gasteiger partial charge in [0.1, 0.15) is 6.54 Å². The summed E-state index contributed by atoms with van der Waals surface area (Å²) in [5.74, 6) is -0.574. The molecule has 0 aromatic heterocycles. The number of nitriles is 1. The van der Waals surface area contributed by atoms with Gasteiger partial charge in [-0.3, -0.25) is 9.59 Å². The molecule has 32 heavy (non-hydrogen) atoms. The van der Waals surface area contributed by atoms with Crippen molar-refractivity contribution in [2.24, 2.45) is 0 Å². The molecular formula is C23H24N4O4S. The molecule has 1 saturated heterocycles. The van der Waals surface area contributed by atoms with E-state index >= 15 is 0 Å². The number of nitrogens with zero attached hydrogens (tertiary/aromatic N) is 3. The van der Waals surface area contributed by atoms with Gasteiger partial charge in [0.05, 0.1) is 16.5 Å². The van der Waals surface area contributed by atoms with Gasteiger partial charge < -0.3 is 10.2 Å². The van der Waals surface area contributed by atoms with Crippen LogP contribution in [0, 0.1) is 11.3 Å². The van der Waals surface area contributed by atoms with Crippen LogP contribution in [0.3, 0.4) is 0 Å². The van der Waals surface area contributed by atoms with Crippen LogP contribution in [0.15, 0.2) is 47.4 Å². The molecule has 166 valence electrons. The second-order valence-corrected chi connectivity index (χ2v) is 9.91. The van der Waals surface area contributed by atoms with Gasteiger partial charge in [0.25, 0.3) is 0 Å². The molecule has 2 heterocycles. The van der Waals surface area contributed by atoms with Crippen molar-refractivity contribution in [3.63, 3.8) is 0 Å². The normalized spacial score (nSPS) is 16.8. The Morgan fingerprint density at radius 3 is 2.59 bits per heavy atom. The minimum absolute atomic E-state index is 0.181. The number of amides is 2. The number of benzene rings is 2. The average Bonchev–Trinajstić information content (AvgIpc) is 3.29. The number of rotatable bonds is 5. The molecule has 2 aromatic rings. The number of hydrogen-bond donors (Lipinski definition) is 1. The minimum atomic E-state index is -3.56. The molecule has 0 bridgehead atoms. The smallest absolute Gasteiger partial charge is 0.244 e. The van der Waals surface area contributed by atoms with Gasteiger partial charge in [0.2, 0.25) is 21.8 Å². The van der Waals surface area contributed by atoms with Gasteiger partial charge in [-0.15, -0.1) is 0 Å². The fourth-order valence-corrected chi connectivity index (χ4v) is 5.72. The first kappa shape index (κ1) is 22.0. The van der Waals surface area contributed by atoms with Gasteiger partial charge in [-0.05, 0) is 67.6 Å². The average molecular weight is 453 g/mol. The van der Waals surface area contributed by atoms with Crippen LogP contribution >= 0.6 is 0 Å². The summed E-state index contributed by atoms with van der Waals surface area (Å²) in [6.07, 6.45) is 3.14. The van der Waals surface area contributed by atoms with E-state index in [1.54, 1.807) is 36.4 Å². The first-order valence-corrected chi connectivity index (χ1v) is 12.1. The lowest BCUT2D eigenvalue weighted by Crippen LogP contribution is -2.37. The lowest BCUT2D eigenvalue weighted by Gasteiger charge is -2.23. The van der Waals surface area contributed by atoms with Crippen molar-refractivity contribution < 1.29 is 18.0 Å². The molecule has 2 aliphatic rings. The lowest BCUT2D eigenvalue weighted by atomic mass is 10.1. The summed E-state index contributed by atoms with van der Waals surface area (Å²) in [7, 11) is -3.56. The van der Waals surface area contributed by atoms with Gasteiger partial charge >= 0.3 is 0 Å². The Kier molecular flexibility index (Phi) is 6.26. The summed E-state index contributed by atoms with van der Waals surface area (Å²) >= 11 is 0. The van der Waals surface area contributed by atoms with Crippen LogP contribution in [0.5, 0.6) is 0 Å². The highest BCUT2D eigenvalue weighted by Gasteiger charge is 2.30. The van der Waals surface area contributed by atoms with E-state index in [1.807, 2.05) is 6.07 Å². The zero-order valence-corrected chi connectivity index (χ0v) is 18.4. The van der Waals surface area contributed by atoms with Crippen LogP contribution < -0.4 is 10.2 Å². The number of aryl methyl sites for hydroxylation is 1. The van der Waals surface area contributed by atoms with Crippen LogP contribution in [0.1, 0.15) is 36.8 Å². The number of nitrogens with one attached hydrogen (secondary N) is 1. The molecule has 1 fully saturated rings. The SMILES string of the molecule is N#Cc1cccc(NC(=O)CN2C(=O)CCCc3cc(S(=O)(=O)N4CCCC4)ccc32)c1. The van der Waals surface area contributed by atoms with Gasteiger partial charge in [0, 0.05) is 30.9 Å². The van der Waals surface area contributed by atoms with E-state index < -0.39 is 15.9 Å². The Hall–Kier alpha value is -3.22. The molecule has 4 rings (SSSR count). The molecule has 1 N–H and O–H groups in total. The number of anilines is 2. The molecule has 2 amide bonds. The first-order valence-electron chi connectivity index (χ1n) is 10.6. The second kappa shape index (κ2) is 9.10. The Morgan fingerprint density at radius 2 is 1.84 bits per heavy atom. The highest BCUT2D eigenvalue weighted by atomic mass is 32.2. The van der Waals surface area contributed by atoms with Crippen LogP contribution in [-0.2, 0) is 26.0 Å². The number of sulfonamides is 1. The first-order chi connectivity index (χ1) is 15.4. The molecule has 0 spiro atoms. The van der Waals surface area contributed by atoms with Crippen molar-refractivity contribution in [1.82, 2.24) is 4.31 Å². The molecule has 0 radical (unpaired) electrons. The van der Waals surface area contributed by atoms with Gasteiger partial charge in [0.15, 0.2) is 0 Å². The van der Waals surface area contributed by atoms with E-state index in [2.05, 4.69) is 5.32 Å². The number of carbonyl (C=O) groups is 2. The molecule has 0 aliphatic carbocycles.